The summed E-state index contributed by atoms with van der Waals surface area (Å²) >= 11 is 5.74. The van der Waals surface area contributed by atoms with Crippen molar-refractivity contribution in [3.05, 3.63) is 50.8 Å². The molecular weight excluding hydrogens is 260 g/mol. The van der Waals surface area contributed by atoms with Gasteiger partial charge in [0.1, 0.15) is 5.56 Å². The summed E-state index contributed by atoms with van der Waals surface area (Å²) in [7, 11) is 1.59. The van der Waals surface area contributed by atoms with Gasteiger partial charge in [0.15, 0.2) is 5.69 Å². The molecule has 0 spiro atoms. The van der Waals surface area contributed by atoms with E-state index in [0.29, 0.717) is 0 Å². The maximum atomic E-state index is 12.1. The highest BCUT2D eigenvalue weighted by atomic mass is 35.5. The van der Waals surface area contributed by atoms with Gasteiger partial charge in [-0.2, -0.15) is 0 Å². The number of nitro groups is 1. The number of rotatable bonds is 3. The number of aromatic nitrogens is 3. The lowest BCUT2D eigenvalue weighted by atomic mass is 10.1. The Morgan fingerprint density at radius 2 is 2.22 bits per heavy atom. The first-order chi connectivity index (χ1) is 8.49. The van der Waals surface area contributed by atoms with E-state index >= 15 is 0 Å². The molecule has 0 unspecified atom stereocenters. The summed E-state index contributed by atoms with van der Waals surface area (Å²) in [5.41, 5.74) is -0.383. The van der Waals surface area contributed by atoms with Gasteiger partial charge in [0, 0.05) is 18.1 Å². The lowest BCUT2D eigenvalue weighted by Gasteiger charge is -2.00. The minimum atomic E-state index is -0.639. The van der Waals surface area contributed by atoms with Crippen LogP contribution in [0.3, 0.4) is 0 Å². The van der Waals surface area contributed by atoms with Gasteiger partial charge < -0.3 is 0 Å². The molecule has 0 radical (unpaired) electrons. The fraction of sp³-hybridized carbons (Fsp3) is 0.100. The van der Waals surface area contributed by atoms with E-state index in [1.807, 2.05) is 0 Å². The number of carbonyl (C=O) groups excluding carboxylic acids is 1. The molecule has 0 saturated carbocycles. The minimum Gasteiger partial charge on any atom is -0.286 e. The van der Waals surface area contributed by atoms with Crippen molar-refractivity contribution in [3.63, 3.8) is 0 Å². The number of aryl methyl sites for hydroxylation is 1. The molecule has 0 saturated heterocycles. The summed E-state index contributed by atoms with van der Waals surface area (Å²) in [5.74, 6) is -0.586. The van der Waals surface area contributed by atoms with Gasteiger partial charge in [-0.25, -0.2) is 0 Å². The number of nitrogens with zero attached hydrogens (tertiary/aromatic N) is 4. The Hall–Kier alpha value is -2.28. The maximum Gasteiger partial charge on any atom is 0.280 e. The highest BCUT2D eigenvalue weighted by Crippen LogP contribution is 2.24. The lowest BCUT2D eigenvalue weighted by Crippen LogP contribution is -2.06. The highest BCUT2D eigenvalue weighted by Gasteiger charge is 2.23. The number of hydrogen-bond acceptors (Lipinski definition) is 5. The number of halogens is 1. The molecule has 0 atom stereocenters. The first kappa shape index (κ1) is 12.2. The van der Waals surface area contributed by atoms with Crippen molar-refractivity contribution in [2.45, 2.75) is 0 Å². The molecule has 1 heterocycles. The molecule has 0 aliphatic heterocycles. The van der Waals surface area contributed by atoms with Crippen LogP contribution in [0.25, 0.3) is 0 Å². The molecule has 1 aromatic carbocycles. The number of nitro benzene ring substituents is 1. The Morgan fingerprint density at radius 1 is 1.50 bits per heavy atom. The normalized spacial score (nSPS) is 10.3. The lowest BCUT2D eigenvalue weighted by molar-refractivity contribution is -0.385. The van der Waals surface area contributed by atoms with Crippen LogP contribution in [0, 0.1) is 10.1 Å². The molecule has 0 N–H and O–H groups in total. The molecule has 0 aliphatic carbocycles. The molecule has 2 rings (SSSR count). The third-order valence-corrected chi connectivity index (χ3v) is 2.47. The predicted octanol–water partition coefficient (Wildman–Crippen LogP) is 1.61. The zero-order chi connectivity index (χ0) is 13.3. The van der Waals surface area contributed by atoms with E-state index in [4.69, 9.17) is 11.6 Å². The second-order valence-corrected chi connectivity index (χ2v) is 3.96. The van der Waals surface area contributed by atoms with Crippen LogP contribution in [0.1, 0.15) is 16.1 Å². The quantitative estimate of drug-likeness (QED) is 0.478. The second-order valence-electron chi connectivity index (χ2n) is 3.53. The largest absolute Gasteiger partial charge is 0.286 e. The molecule has 7 nitrogen and oxygen atoms in total. The monoisotopic (exact) mass is 266 g/mol. The molecule has 0 aliphatic rings. The van der Waals surface area contributed by atoms with E-state index in [1.165, 1.54) is 29.1 Å². The van der Waals surface area contributed by atoms with E-state index in [1.54, 1.807) is 7.05 Å². The molecule has 18 heavy (non-hydrogen) atoms. The van der Waals surface area contributed by atoms with Crippen molar-refractivity contribution in [2.24, 2.45) is 7.05 Å². The Morgan fingerprint density at radius 3 is 2.78 bits per heavy atom. The van der Waals surface area contributed by atoms with E-state index in [2.05, 4.69) is 10.3 Å². The summed E-state index contributed by atoms with van der Waals surface area (Å²) in [6.45, 7) is 0. The Labute approximate surface area is 106 Å². The van der Waals surface area contributed by atoms with Crippen molar-refractivity contribution >= 4 is 23.1 Å². The van der Waals surface area contributed by atoms with Crippen LogP contribution in [0.5, 0.6) is 0 Å². The van der Waals surface area contributed by atoms with Gasteiger partial charge in [-0.15, -0.1) is 5.10 Å². The van der Waals surface area contributed by atoms with E-state index in [-0.39, 0.29) is 22.0 Å². The van der Waals surface area contributed by atoms with E-state index < -0.39 is 10.7 Å². The Bertz CT molecular complexity index is 638. The van der Waals surface area contributed by atoms with Gasteiger partial charge in [0.2, 0.25) is 5.78 Å². The van der Waals surface area contributed by atoms with Crippen LogP contribution in [0.2, 0.25) is 5.02 Å². The first-order valence-corrected chi connectivity index (χ1v) is 5.22. The average molecular weight is 267 g/mol. The summed E-state index contributed by atoms with van der Waals surface area (Å²) in [6, 6.07) is 3.79. The van der Waals surface area contributed by atoms with Crippen molar-refractivity contribution in [3.8, 4) is 0 Å². The molecule has 92 valence electrons. The minimum absolute atomic E-state index is 0.0304. The van der Waals surface area contributed by atoms with Crippen molar-refractivity contribution < 1.29 is 9.72 Å². The Kier molecular flexibility index (Phi) is 3.07. The molecule has 0 fully saturated rings. The maximum absolute atomic E-state index is 12.1. The van der Waals surface area contributed by atoms with Gasteiger partial charge in [-0.1, -0.05) is 16.8 Å². The fourth-order valence-electron chi connectivity index (χ4n) is 1.44. The topological polar surface area (TPSA) is 90.9 Å². The van der Waals surface area contributed by atoms with Crippen LogP contribution < -0.4 is 0 Å². The van der Waals surface area contributed by atoms with Crippen LogP contribution in [0.15, 0.2) is 24.4 Å². The van der Waals surface area contributed by atoms with Crippen LogP contribution in [0.4, 0.5) is 5.69 Å². The predicted molar refractivity (Wildman–Crippen MR) is 62.5 cm³/mol. The standard InChI is InChI=1S/C10H7ClN4O3/c1-14-5-8(12-13-14)10(16)7-4-6(11)2-3-9(7)15(17)18/h2-5H,1H3. The fourth-order valence-corrected chi connectivity index (χ4v) is 1.61. The van der Waals surface area contributed by atoms with Crippen LogP contribution >= 0.6 is 11.6 Å². The van der Waals surface area contributed by atoms with Gasteiger partial charge in [0.25, 0.3) is 5.69 Å². The summed E-state index contributed by atoms with van der Waals surface area (Å²) < 4.78 is 1.34. The molecule has 0 bridgehead atoms. The smallest absolute Gasteiger partial charge is 0.280 e. The SMILES string of the molecule is Cn1cc(C(=O)c2cc(Cl)ccc2[N+](=O)[O-])nn1. The summed E-state index contributed by atoms with van der Waals surface area (Å²) in [5, 5.41) is 18.3. The van der Waals surface area contributed by atoms with Crippen molar-refractivity contribution in [2.75, 3.05) is 0 Å². The number of ketones is 1. The number of hydrogen-bond donors (Lipinski definition) is 0. The Balaban J connectivity index is 2.53. The van der Waals surface area contributed by atoms with Crippen LogP contribution in [-0.4, -0.2) is 25.7 Å². The van der Waals surface area contributed by atoms with Crippen LogP contribution in [-0.2, 0) is 7.05 Å². The highest BCUT2D eigenvalue weighted by molar-refractivity contribution is 6.31. The zero-order valence-electron chi connectivity index (χ0n) is 9.20. The van der Waals surface area contributed by atoms with E-state index in [9.17, 15) is 14.9 Å². The summed E-state index contributed by atoms with van der Waals surface area (Å²) in [6.07, 6.45) is 1.38. The van der Waals surface area contributed by atoms with Gasteiger partial charge in [-0.05, 0) is 12.1 Å². The number of benzene rings is 1. The molecule has 2 aromatic rings. The van der Waals surface area contributed by atoms with E-state index in [0.717, 1.165) is 0 Å². The van der Waals surface area contributed by atoms with Gasteiger partial charge >= 0.3 is 0 Å². The zero-order valence-corrected chi connectivity index (χ0v) is 9.96. The third kappa shape index (κ3) is 2.21. The van der Waals surface area contributed by atoms with Gasteiger partial charge in [-0.3, -0.25) is 19.6 Å². The average Bonchev–Trinajstić information content (AvgIpc) is 2.74. The molecular formula is C10H7ClN4O3. The summed E-state index contributed by atoms with van der Waals surface area (Å²) in [4.78, 5) is 22.3. The second kappa shape index (κ2) is 4.53. The van der Waals surface area contributed by atoms with Crippen molar-refractivity contribution in [1.82, 2.24) is 15.0 Å². The molecule has 1 aromatic heterocycles. The first-order valence-electron chi connectivity index (χ1n) is 4.84. The number of carbonyl (C=O) groups is 1. The molecule has 8 heteroatoms. The van der Waals surface area contributed by atoms with Gasteiger partial charge in [0.05, 0.1) is 11.1 Å². The third-order valence-electron chi connectivity index (χ3n) is 2.24. The molecule has 0 amide bonds. The van der Waals surface area contributed by atoms with Crippen molar-refractivity contribution in [1.29, 1.82) is 0 Å².